The largest absolute Gasteiger partial charge is 0.345 e. The Labute approximate surface area is 79.3 Å². The SMILES string of the molecule is CC(CBr)Cn1ncn(C)c1=O. The summed E-state index contributed by atoms with van der Waals surface area (Å²) in [5.74, 6) is 0.428. The van der Waals surface area contributed by atoms with Gasteiger partial charge in [-0.25, -0.2) is 9.48 Å². The van der Waals surface area contributed by atoms with Gasteiger partial charge in [0.1, 0.15) is 6.33 Å². The van der Waals surface area contributed by atoms with E-state index in [2.05, 4.69) is 28.0 Å². The zero-order valence-electron chi connectivity index (χ0n) is 7.20. The van der Waals surface area contributed by atoms with E-state index >= 15 is 0 Å². The zero-order chi connectivity index (χ0) is 9.14. The molecule has 0 amide bonds. The first-order valence-corrected chi connectivity index (χ1v) is 4.91. The quantitative estimate of drug-likeness (QED) is 0.719. The lowest BCUT2D eigenvalue weighted by molar-refractivity contribution is 0.475. The van der Waals surface area contributed by atoms with E-state index in [0.717, 1.165) is 5.33 Å². The van der Waals surface area contributed by atoms with Crippen molar-refractivity contribution in [3.63, 3.8) is 0 Å². The van der Waals surface area contributed by atoms with E-state index in [1.807, 2.05) is 0 Å². The van der Waals surface area contributed by atoms with Gasteiger partial charge in [0.2, 0.25) is 0 Å². The fraction of sp³-hybridized carbons (Fsp3) is 0.714. The summed E-state index contributed by atoms with van der Waals surface area (Å²) in [6.07, 6.45) is 1.53. The second kappa shape index (κ2) is 3.89. The van der Waals surface area contributed by atoms with Gasteiger partial charge in [-0.3, -0.25) is 4.57 Å². The third-order valence-electron chi connectivity index (χ3n) is 1.63. The average Bonchev–Trinajstić information content (AvgIpc) is 2.36. The maximum Gasteiger partial charge on any atom is 0.345 e. The van der Waals surface area contributed by atoms with Crippen LogP contribution in [0, 0.1) is 5.92 Å². The van der Waals surface area contributed by atoms with Crippen molar-refractivity contribution in [3.8, 4) is 0 Å². The van der Waals surface area contributed by atoms with Crippen molar-refractivity contribution in [2.75, 3.05) is 5.33 Å². The fourth-order valence-electron chi connectivity index (χ4n) is 0.890. The lowest BCUT2D eigenvalue weighted by atomic mass is 10.2. The Morgan fingerprint density at radius 3 is 2.83 bits per heavy atom. The van der Waals surface area contributed by atoms with Crippen LogP contribution in [0.2, 0.25) is 0 Å². The van der Waals surface area contributed by atoms with E-state index in [1.54, 1.807) is 7.05 Å². The van der Waals surface area contributed by atoms with Crippen molar-refractivity contribution >= 4 is 15.9 Å². The molecule has 0 aromatic carbocycles. The maximum atomic E-state index is 11.3. The monoisotopic (exact) mass is 233 g/mol. The average molecular weight is 234 g/mol. The summed E-state index contributed by atoms with van der Waals surface area (Å²) in [6.45, 7) is 2.74. The van der Waals surface area contributed by atoms with Crippen molar-refractivity contribution in [1.29, 1.82) is 0 Å². The van der Waals surface area contributed by atoms with Gasteiger partial charge in [0.05, 0.1) is 0 Å². The standard InChI is InChI=1S/C7H12BrN3O/c1-6(3-8)4-11-7(12)10(2)5-9-11/h5-6H,3-4H2,1-2H3. The minimum atomic E-state index is -0.0530. The van der Waals surface area contributed by atoms with Crippen molar-refractivity contribution < 1.29 is 0 Å². The van der Waals surface area contributed by atoms with Gasteiger partial charge in [-0.2, -0.15) is 5.10 Å². The van der Waals surface area contributed by atoms with E-state index in [4.69, 9.17) is 0 Å². The van der Waals surface area contributed by atoms with Gasteiger partial charge in [-0.1, -0.05) is 22.9 Å². The Balaban J connectivity index is 2.76. The predicted molar refractivity (Wildman–Crippen MR) is 50.4 cm³/mol. The molecule has 1 heterocycles. The fourth-order valence-corrected chi connectivity index (χ4v) is 1.09. The van der Waals surface area contributed by atoms with Crippen molar-refractivity contribution in [3.05, 3.63) is 16.8 Å². The number of hydrogen-bond donors (Lipinski definition) is 0. The van der Waals surface area contributed by atoms with Crippen LogP contribution in [0.4, 0.5) is 0 Å². The van der Waals surface area contributed by atoms with Crippen molar-refractivity contribution in [2.45, 2.75) is 13.5 Å². The van der Waals surface area contributed by atoms with Gasteiger partial charge in [-0.15, -0.1) is 0 Å². The van der Waals surface area contributed by atoms with Crippen molar-refractivity contribution in [1.82, 2.24) is 14.3 Å². The third-order valence-corrected chi connectivity index (χ3v) is 2.74. The molecule has 4 nitrogen and oxygen atoms in total. The Hall–Kier alpha value is -0.580. The minimum Gasteiger partial charge on any atom is -0.285 e. The normalized spacial score (nSPS) is 13.2. The molecule has 0 bridgehead atoms. The first-order valence-electron chi connectivity index (χ1n) is 3.79. The lowest BCUT2D eigenvalue weighted by Crippen LogP contribution is -2.25. The molecule has 1 aromatic heterocycles. The highest BCUT2D eigenvalue weighted by atomic mass is 79.9. The van der Waals surface area contributed by atoms with Crippen LogP contribution in [0.1, 0.15) is 6.92 Å². The summed E-state index contributed by atoms with van der Waals surface area (Å²) in [4.78, 5) is 11.3. The van der Waals surface area contributed by atoms with E-state index < -0.39 is 0 Å². The van der Waals surface area contributed by atoms with Gasteiger partial charge in [0, 0.05) is 18.9 Å². The van der Waals surface area contributed by atoms with Crippen LogP contribution in [0.5, 0.6) is 0 Å². The molecule has 0 radical (unpaired) electrons. The van der Waals surface area contributed by atoms with E-state index in [1.165, 1.54) is 15.6 Å². The molecule has 0 aliphatic carbocycles. The smallest absolute Gasteiger partial charge is 0.285 e. The highest BCUT2D eigenvalue weighted by Crippen LogP contribution is 2.00. The van der Waals surface area contributed by atoms with Crippen LogP contribution >= 0.6 is 15.9 Å². The topological polar surface area (TPSA) is 39.8 Å². The molecule has 1 aromatic rings. The molecular weight excluding hydrogens is 222 g/mol. The number of hydrogen-bond acceptors (Lipinski definition) is 2. The zero-order valence-corrected chi connectivity index (χ0v) is 8.78. The van der Waals surface area contributed by atoms with Gasteiger partial charge < -0.3 is 0 Å². The van der Waals surface area contributed by atoms with E-state index in [0.29, 0.717) is 12.5 Å². The number of rotatable bonds is 3. The molecule has 0 saturated heterocycles. The Bertz CT molecular complexity index is 304. The molecule has 12 heavy (non-hydrogen) atoms. The molecule has 1 atom stereocenters. The minimum absolute atomic E-state index is 0.0530. The van der Waals surface area contributed by atoms with Gasteiger partial charge >= 0.3 is 5.69 Å². The number of aromatic nitrogens is 3. The van der Waals surface area contributed by atoms with Gasteiger partial charge in [-0.05, 0) is 5.92 Å². The van der Waals surface area contributed by atoms with Crippen LogP contribution in [-0.2, 0) is 13.6 Å². The molecule has 0 fully saturated rings. The first kappa shape index (κ1) is 9.51. The second-order valence-electron chi connectivity index (χ2n) is 2.97. The number of halogens is 1. The van der Waals surface area contributed by atoms with Gasteiger partial charge in [0.15, 0.2) is 0 Å². The highest BCUT2D eigenvalue weighted by Gasteiger charge is 2.05. The molecule has 0 spiro atoms. The summed E-state index contributed by atoms with van der Waals surface area (Å²) in [6, 6.07) is 0. The first-order chi connectivity index (χ1) is 5.65. The second-order valence-corrected chi connectivity index (χ2v) is 3.61. The van der Waals surface area contributed by atoms with Crippen LogP contribution in [0.3, 0.4) is 0 Å². The Morgan fingerprint density at radius 2 is 2.42 bits per heavy atom. The summed E-state index contributed by atoms with van der Waals surface area (Å²) in [7, 11) is 1.70. The number of nitrogens with zero attached hydrogens (tertiary/aromatic N) is 3. The molecule has 68 valence electrons. The summed E-state index contributed by atoms with van der Waals surface area (Å²) >= 11 is 3.35. The molecule has 0 aliphatic rings. The maximum absolute atomic E-state index is 11.3. The molecule has 1 rings (SSSR count). The van der Waals surface area contributed by atoms with Crippen LogP contribution in [0.15, 0.2) is 11.1 Å². The molecule has 0 aliphatic heterocycles. The van der Waals surface area contributed by atoms with Gasteiger partial charge in [0.25, 0.3) is 0 Å². The van der Waals surface area contributed by atoms with E-state index in [9.17, 15) is 4.79 Å². The van der Waals surface area contributed by atoms with Crippen LogP contribution in [0.25, 0.3) is 0 Å². The molecule has 0 N–H and O–H groups in total. The number of aryl methyl sites for hydroxylation is 1. The highest BCUT2D eigenvalue weighted by molar-refractivity contribution is 9.09. The predicted octanol–water partition coefficient (Wildman–Crippen LogP) is 0.613. The number of alkyl halides is 1. The molecule has 0 saturated carbocycles. The Kier molecular flexibility index (Phi) is 3.08. The van der Waals surface area contributed by atoms with Crippen molar-refractivity contribution in [2.24, 2.45) is 13.0 Å². The molecule has 1 unspecified atom stereocenters. The van der Waals surface area contributed by atoms with Crippen LogP contribution in [-0.4, -0.2) is 19.7 Å². The lowest BCUT2D eigenvalue weighted by Gasteiger charge is -2.04. The van der Waals surface area contributed by atoms with Crippen LogP contribution < -0.4 is 5.69 Å². The summed E-state index contributed by atoms with van der Waals surface area (Å²) in [5, 5.41) is 4.83. The summed E-state index contributed by atoms with van der Waals surface area (Å²) in [5.41, 5.74) is -0.0530. The molecule has 5 heteroatoms. The summed E-state index contributed by atoms with van der Waals surface area (Å²) < 4.78 is 2.95. The Morgan fingerprint density at radius 1 is 1.75 bits per heavy atom. The molecular formula is C7H12BrN3O. The third kappa shape index (κ3) is 1.97. The van der Waals surface area contributed by atoms with E-state index in [-0.39, 0.29) is 5.69 Å².